The Labute approximate surface area is 112 Å². The first kappa shape index (κ1) is 13.1. The zero-order valence-corrected chi connectivity index (χ0v) is 11.8. The smallest absolute Gasteiger partial charge is 0.0688 e. The summed E-state index contributed by atoms with van der Waals surface area (Å²) in [5.41, 5.74) is 1.38. The molecule has 17 heavy (non-hydrogen) atoms. The fraction of sp³-hybridized carbons (Fsp3) is 0.571. The fourth-order valence-corrected chi connectivity index (χ4v) is 2.38. The van der Waals surface area contributed by atoms with Gasteiger partial charge in [0.2, 0.25) is 0 Å². The molecule has 2 rings (SSSR count). The maximum Gasteiger partial charge on any atom is 0.0688 e. The van der Waals surface area contributed by atoms with Crippen LogP contribution in [0.5, 0.6) is 0 Å². The summed E-state index contributed by atoms with van der Waals surface area (Å²) >= 11 is 3.45. The number of halogens is 1. The molecule has 0 bridgehead atoms. The highest BCUT2D eigenvalue weighted by Gasteiger charge is 2.09. The van der Waals surface area contributed by atoms with E-state index in [4.69, 9.17) is 4.84 Å². The molecule has 0 N–H and O–H groups in total. The van der Waals surface area contributed by atoms with E-state index in [1.165, 1.54) is 24.8 Å². The molecule has 1 saturated heterocycles. The van der Waals surface area contributed by atoms with E-state index in [9.17, 15) is 0 Å². The topological polar surface area (TPSA) is 12.5 Å². The minimum absolute atomic E-state index is 0.843. The SMILES string of the molecule is Brc1ccc(CCCON2CCCCC2)cc1. The van der Waals surface area contributed by atoms with Crippen LogP contribution >= 0.6 is 15.9 Å². The van der Waals surface area contributed by atoms with Gasteiger partial charge >= 0.3 is 0 Å². The third kappa shape index (κ3) is 4.78. The van der Waals surface area contributed by atoms with Crippen molar-refractivity contribution in [3.05, 3.63) is 34.3 Å². The molecular formula is C14H20BrNO. The first-order valence-electron chi connectivity index (χ1n) is 6.47. The van der Waals surface area contributed by atoms with E-state index in [2.05, 4.69) is 45.3 Å². The van der Waals surface area contributed by atoms with Crippen LogP contribution < -0.4 is 0 Å². The molecule has 1 fully saturated rings. The van der Waals surface area contributed by atoms with Crippen LogP contribution in [0.15, 0.2) is 28.7 Å². The van der Waals surface area contributed by atoms with Gasteiger partial charge in [-0.15, -0.1) is 0 Å². The van der Waals surface area contributed by atoms with Crippen molar-refractivity contribution in [1.82, 2.24) is 5.06 Å². The van der Waals surface area contributed by atoms with Gasteiger partial charge in [0.1, 0.15) is 0 Å². The van der Waals surface area contributed by atoms with E-state index in [1.807, 2.05) is 0 Å². The van der Waals surface area contributed by atoms with Crippen LogP contribution in [0.1, 0.15) is 31.2 Å². The van der Waals surface area contributed by atoms with Crippen molar-refractivity contribution in [1.29, 1.82) is 0 Å². The molecular weight excluding hydrogens is 278 g/mol. The molecule has 1 aliphatic rings. The van der Waals surface area contributed by atoms with Crippen molar-refractivity contribution in [2.45, 2.75) is 32.1 Å². The van der Waals surface area contributed by atoms with Gasteiger partial charge in [0.15, 0.2) is 0 Å². The van der Waals surface area contributed by atoms with Gasteiger partial charge in [0, 0.05) is 17.6 Å². The van der Waals surface area contributed by atoms with E-state index in [-0.39, 0.29) is 0 Å². The zero-order valence-electron chi connectivity index (χ0n) is 10.2. The van der Waals surface area contributed by atoms with Gasteiger partial charge in [-0.2, -0.15) is 5.06 Å². The lowest BCUT2D eigenvalue weighted by Gasteiger charge is -2.25. The molecule has 1 aromatic rings. The molecule has 0 amide bonds. The lowest BCUT2D eigenvalue weighted by Crippen LogP contribution is -2.30. The molecule has 3 heteroatoms. The molecule has 1 aromatic carbocycles. The normalized spacial score (nSPS) is 17.2. The standard InChI is InChI=1S/C14H20BrNO/c15-14-8-6-13(7-9-14)5-4-12-17-16-10-2-1-3-11-16/h6-9H,1-5,10-12H2. The summed E-state index contributed by atoms with van der Waals surface area (Å²) in [5, 5.41) is 2.13. The summed E-state index contributed by atoms with van der Waals surface area (Å²) in [6.07, 6.45) is 6.12. The van der Waals surface area contributed by atoms with Crippen molar-refractivity contribution in [3.8, 4) is 0 Å². The van der Waals surface area contributed by atoms with Crippen molar-refractivity contribution >= 4 is 15.9 Å². The molecule has 1 aliphatic heterocycles. The predicted molar refractivity (Wildman–Crippen MR) is 73.8 cm³/mol. The lowest BCUT2D eigenvalue weighted by molar-refractivity contribution is -0.168. The summed E-state index contributed by atoms with van der Waals surface area (Å²) in [6.45, 7) is 3.06. The number of nitrogens with zero attached hydrogens (tertiary/aromatic N) is 1. The van der Waals surface area contributed by atoms with Gasteiger partial charge < -0.3 is 0 Å². The van der Waals surface area contributed by atoms with Crippen LogP contribution in [-0.4, -0.2) is 24.8 Å². The largest absolute Gasteiger partial charge is 0.299 e. The number of hydrogen-bond donors (Lipinski definition) is 0. The summed E-state index contributed by atoms with van der Waals surface area (Å²) in [4.78, 5) is 5.75. The number of rotatable bonds is 5. The Bertz CT molecular complexity index is 319. The minimum atomic E-state index is 0.843. The maximum atomic E-state index is 5.75. The Morgan fingerprint density at radius 3 is 2.47 bits per heavy atom. The van der Waals surface area contributed by atoms with Gasteiger partial charge in [0.25, 0.3) is 0 Å². The van der Waals surface area contributed by atoms with E-state index >= 15 is 0 Å². The monoisotopic (exact) mass is 297 g/mol. The highest BCUT2D eigenvalue weighted by Crippen LogP contribution is 2.12. The highest BCUT2D eigenvalue weighted by atomic mass is 79.9. The second kappa shape index (κ2) is 7.14. The summed E-state index contributed by atoms with van der Waals surface area (Å²) in [6, 6.07) is 8.54. The molecule has 1 heterocycles. The zero-order chi connectivity index (χ0) is 11.9. The van der Waals surface area contributed by atoms with Gasteiger partial charge in [-0.3, -0.25) is 4.84 Å². The molecule has 0 saturated carbocycles. The molecule has 0 radical (unpaired) electrons. The van der Waals surface area contributed by atoms with E-state index in [0.29, 0.717) is 0 Å². The number of aryl methyl sites for hydroxylation is 1. The molecule has 0 unspecified atom stereocenters. The highest BCUT2D eigenvalue weighted by molar-refractivity contribution is 9.10. The van der Waals surface area contributed by atoms with Crippen molar-refractivity contribution in [2.75, 3.05) is 19.7 Å². The number of hydroxylamine groups is 2. The Kier molecular flexibility index (Phi) is 5.49. The molecule has 0 spiro atoms. The van der Waals surface area contributed by atoms with Crippen LogP contribution in [0.2, 0.25) is 0 Å². The number of hydrogen-bond acceptors (Lipinski definition) is 2. The van der Waals surface area contributed by atoms with Crippen molar-refractivity contribution in [3.63, 3.8) is 0 Å². The van der Waals surface area contributed by atoms with Crippen LogP contribution in [0.3, 0.4) is 0 Å². The molecule has 0 aromatic heterocycles. The second-order valence-electron chi connectivity index (χ2n) is 4.55. The fourth-order valence-electron chi connectivity index (χ4n) is 2.12. The first-order chi connectivity index (χ1) is 8.34. The van der Waals surface area contributed by atoms with E-state index in [0.717, 1.165) is 37.0 Å². The number of benzene rings is 1. The summed E-state index contributed by atoms with van der Waals surface area (Å²) < 4.78 is 1.14. The minimum Gasteiger partial charge on any atom is -0.299 e. The average molecular weight is 298 g/mol. The quantitative estimate of drug-likeness (QED) is 0.767. The second-order valence-corrected chi connectivity index (χ2v) is 5.47. The van der Waals surface area contributed by atoms with Crippen LogP contribution in [0.25, 0.3) is 0 Å². The first-order valence-corrected chi connectivity index (χ1v) is 7.26. The Morgan fingerprint density at radius 1 is 1.06 bits per heavy atom. The molecule has 2 nitrogen and oxygen atoms in total. The van der Waals surface area contributed by atoms with E-state index in [1.54, 1.807) is 0 Å². The number of piperidine rings is 1. The Balaban J connectivity index is 1.60. The molecule has 0 aliphatic carbocycles. The summed E-state index contributed by atoms with van der Waals surface area (Å²) in [7, 11) is 0. The third-order valence-electron chi connectivity index (χ3n) is 3.11. The van der Waals surface area contributed by atoms with Crippen molar-refractivity contribution in [2.24, 2.45) is 0 Å². The Hall–Kier alpha value is -0.380. The van der Waals surface area contributed by atoms with Gasteiger partial charge in [-0.1, -0.05) is 34.5 Å². The summed E-state index contributed by atoms with van der Waals surface area (Å²) in [5.74, 6) is 0. The maximum absolute atomic E-state index is 5.75. The lowest BCUT2D eigenvalue weighted by atomic mass is 10.1. The van der Waals surface area contributed by atoms with Crippen LogP contribution in [0, 0.1) is 0 Å². The molecule has 0 atom stereocenters. The molecule has 94 valence electrons. The predicted octanol–water partition coefficient (Wildman–Crippen LogP) is 3.80. The van der Waals surface area contributed by atoms with Gasteiger partial charge in [0.05, 0.1) is 6.61 Å². The van der Waals surface area contributed by atoms with Crippen LogP contribution in [0.4, 0.5) is 0 Å². The van der Waals surface area contributed by atoms with Crippen LogP contribution in [-0.2, 0) is 11.3 Å². The van der Waals surface area contributed by atoms with Crippen molar-refractivity contribution < 1.29 is 4.84 Å². The van der Waals surface area contributed by atoms with E-state index < -0.39 is 0 Å². The average Bonchev–Trinajstić information content (AvgIpc) is 2.38. The van der Waals surface area contributed by atoms with Gasteiger partial charge in [-0.25, -0.2) is 0 Å². The van der Waals surface area contributed by atoms with Gasteiger partial charge in [-0.05, 0) is 43.4 Å². The third-order valence-corrected chi connectivity index (χ3v) is 3.64. The Morgan fingerprint density at radius 2 is 1.76 bits per heavy atom.